The highest BCUT2D eigenvalue weighted by atomic mass is 16.5. The Balaban J connectivity index is 1.72. The molecule has 0 fully saturated rings. The van der Waals surface area contributed by atoms with Gasteiger partial charge in [-0.1, -0.05) is 84.9 Å². The Hall–Kier alpha value is -3.06. The summed E-state index contributed by atoms with van der Waals surface area (Å²) in [5.74, 6) is 1.05. The maximum Gasteiger partial charge on any atom is 0.132 e. The van der Waals surface area contributed by atoms with Crippen LogP contribution in [0.5, 0.6) is 5.75 Å². The minimum atomic E-state index is 0.0875. The summed E-state index contributed by atoms with van der Waals surface area (Å²) >= 11 is 0. The second-order valence-electron chi connectivity index (χ2n) is 6.54. The predicted octanol–water partition coefficient (Wildman–Crippen LogP) is 6.18. The van der Waals surface area contributed by atoms with Gasteiger partial charge in [-0.25, -0.2) is 0 Å². The Morgan fingerprint density at radius 1 is 0.720 bits per heavy atom. The van der Waals surface area contributed by atoms with Crippen molar-refractivity contribution < 1.29 is 4.74 Å². The van der Waals surface area contributed by atoms with Crippen molar-refractivity contribution >= 4 is 10.8 Å². The van der Waals surface area contributed by atoms with Crippen LogP contribution < -0.4 is 4.74 Å². The number of hydrogen-bond donors (Lipinski definition) is 0. The van der Waals surface area contributed by atoms with Crippen LogP contribution in [0.15, 0.2) is 91.0 Å². The zero-order valence-electron chi connectivity index (χ0n) is 13.9. The van der Waals surface area contributed by atoms with Gasteiger partial charge in [0, 0.05) is 17.4 Å². The average Bonchev–Trinajstić information content (AvgIpc) is 3.14. The van der Waals surface area contributed by atoms with Gasteiger partial charge >= 0.3 is 0 Å². The minimum Gasteiger partial charge on any atom is -0.484 e. The quantitative estimate of drug-likeness (QED) is 0.428. The molecule has 4 aromatic rings. The van der Waals surface area contributed by atoms with Crippen LogP contribution in [-0.4, -0.2) is 0 Å². The summed E-state index contributed by atoms with van der Waals surface area (Å²) in [6.07, 6.45) is 0.999. The Morgan fingerprint density at radius 3 is 2.20 bits per heavy atom. The molecule has 1 heteroatoms. The van der Waals surface area contributed by atoms with Crippen LogP contribution in [0, 0.1) is 0 Å². The molecule has 1 atom stereocenters. The summed E-state index contributed by atoms with van der Waals surface area (Å²) in [4.78, 5) is 0. The first kappa shape index (κ1) is 14.3. The van der Waals surface area contributed by atoms with E-state index in [0.29, 0.717) is 0 Å². The SMILES string of the molecule is c1ccc(-c2cc3ccccc3c3c2CC(c2ccccc2)O3)cc1. The molecule has 0 amide bonds. The molecule has 1 heterocycles. The van der Waals surface area contributed by atoms with Crippen LogP contribution in [0.1, 0.15) is 17.2 Å². The Morgan fingerprint density at radius 2 is 1.40 bits per heavy atom. The van der Waals surface area contributed by atoms with E-state index in [1.807, 2.05) is 0 Å². The highest BCUT2D eigenvalue weighted by molar-refractivity contribution is 5.95. The largest absolute Gasteiger partial charge is 0.484 e. The molecule has 0 saturated heterocycles. The number of hydrogen-bond acceptors (Lipinski definition) is 1. The summed E-state index contributed by atoms with van der Waals surface area (Å²) in [6.45, 7) is 0. The van der Waals surface area contributed by atoms with E-state index < -0.39 is 0 Å². The Kier molecular flexibility index (Phi) is 3.31. The van der Waals surface area contributed by atoms with Crippen LogP contribution in [0.25, 0.3) is 21.9 Å². The molecule has 4 aromatic carbocycles. The van der Waals surface area contributed by atoms with Gasteiger partial charge in [-0.2, -0.15) is 0 Å². The maximum atomic E-state index is 6.47. The third-order valence-corrected chi connectivity index (χ3v) is 5.01. The first-order chi connectivity index (χ1) is 12.4. The zero-order valence-corrected chi connectivity index (χ0v) is 13.9. The molecule has 0 radical (unpaired) electrons. The third kappa shape index (κ3) is 2.40. The van der Waals surface area contributed by atoms with Crippen molar-refractivity contribution in [3.63, 3.8) is 0 Å². The van der Waals surface area contributed by atoms with E-state index in [2.05, 4.69) is 91.0 Å². The fourth-order valence-corrected chi connectivity index (χ4v) is 3.79. The van der Waals surface area contributed by atoms with Crippen LogP contribution in [-0.2, 0) is 6.42 Å². The van der Waals surface area contributed by atoms with E-state index in [0.717, 1.165) is 12.2 Å². The molecule has 0 aliphatic carbocycles. The lowest BCUT2D eigenvalue weighted by atomic mass is 9.92. The van der Waals surface area contributed by atoms with E-state index in [1.54, 1.807) is 0 Å². The summed E-state index contributed by atoms with van der Waals surface area (Å²) in [6, 6.07) is 32.0. The van der Waals surface area contributed by atoms with E-state index in [-0.39, 0.29) is 6.10 Å². The summed E-state index contributed by atoms with van der Waals surface area (Å²) in [7, 11) is 0. The van der Waals surface area contributed by atoms with Gasteiger partial charge < -0.3 is 4.74 Å². The first-order valence-corrected chi connectivity index (χ1v) is 8.72. The smallest absolute Gasteiger partial charge is 0.132 e. The molecular formula is C24H18O. The Bertz CT molecular complexity index is 1040. The number of ether oxygens (including phenoxy) is 1. The van der Waals surface area contributed by atoms with E-state index in [9.17, 15) is 0 Å². The van der Waals surface area contributed by atoms with Crippen LogP contribution in [0.3, 0.4) is 0 Å². The lowest BCUT2D eigenvalue weighted by molar-refractivity contribution is 0.241. The fourth-order valence-electron chi connectivity index (χ4n) is 3.79. The molecule has 5 rings (SSSR count). The van der Waals surface area contributed by atoms with Crippen molar-refractivity contribution in [3.05, 3.63) is 102 Å². The molecule has 0 spiro atoms. The number of fused-ring (bicyclic) bond motifs is 3. The predicted molar refractivity (Wildman–Crippen MR) is 103 cm³/mol. The molecule has 1 nitrogen and oxygen atoms in total. The van der Waals surface area contributed by atoms with Crippen LogP contribution in [0.4, 0.5) is 0 Å². The van der Waals surface area contributed by atoms with Gasteiger partial charge in [0.15, 0.2) is 0 Å². The molecule has 0 aromatic heterocycles. The van der Waals surface area contributed by atoms with E-state index in [4.69, 9.17) is 4.74 Å². The average molecular weight is 322 g/mol. The van der Waals surface area contributed by atoms with Crippen molar-refractivity contribution in [1.82, 2.24) is 0 Å². The first-order valence-electron chi connectivity index (χ1n) is 8.72. The van der Waals surface area contributed by atoms with Crippen molar-refractivity contribution in [2.24, 2.45) is 0 Å². The molecule has 25 heavy (non-hydrogen) atoms. The summed E-state index contributed by atoms with van der Waals surface area (Å²) < 4.78 is 6.47. The molecule has 120 valence electrons. The summed E-state index contributed by atoms with van der Waals surface area (Å²) in [5.41, 5.74) is 5.09. The van der Waals surface area contributed by atoms with Gasteiger partial charge in [-0.05, 0) is 28.1 Å². The van der Waals surface area contributed by atoms with Crippen molar-refractivity contribution in [2.45, 2.75) is 12.5 Å². The molecule has 1 aliphatic heterocycles. The minimum absolute atomic E-state index is 0.0875. The van der Waals surface area contributed by atoms with Crippen molar-refractivity contribution in [1.29, 1.82) is 0 Å². The monoisotopic (exact) mass is 322 g/mol. The highest BCUT2D eigenvalue weighted by Crippen LogP contribution is 2.46. The Labute approximate surface area is 147 Å². The lowest BCUT2D eigenvalue weighted by Crippen LogP contribution is -2.02. The zero-order chi connectivity index (χ0) is 16.6. The number of benzene rings is 4. The van der Waals surface area contributed by atoms with Gasteiger partial charge in [0.05, 0.1) is 0 Å². The van der Waals surface area contributed by atoms with E-state index >= 15 is 0 Å². The summed E-state index contributed by atoms with van der Waals surface area (Å²) in [5, 5.41) is 2.43. The lowest BCUT2D eigenvalue weighted by Gasteiger charge is -2.12. The standard InChI is InChI=1S/C24H18O/c1-3-9-17(10-4-1)21-15-19-13-7-8-14-20(19)24-22(21)16-23(25-24)18-11-5-2-6-12-18/h1-15,23H,16H2. The third-order valence-electron chi connectivity index (χ3n) is 5.01. The second kappa shape index (κ2) is 5.78. The van der Waals surface area contributed by atoms with Crippen LogP contribution in [0.2, 0.25) is 0 Å². The molecule has 1 aliphatic rings. The molecule has 1 unspecified atom stereocenters. The highest BCUT2D eigenvalue weighted by Gasteiger charge is 2.29. The van der Waals surface area contributed by atoms with Gasteiger partial charge in [0.25, 0.3) is 0 Å². The van der Waals surface area contributed by atoms with Gasteiger partial charge in [0.1, 0.15) is 11.9 Å². The van der Waals surface area contributed by atoms with Gasteiger partial charge in [-0.15, -0.1) is 0 Å². The second-order valence-corrected chi connectivity index (χ2v) is 6.54. The molecule has 0 saturated carbocycles. The molecular weight excluding hydrogens is 304 g/mol. The fraction of sp³-hybridized carbons (Fsp3) is 0.0833. The maximum absolute atomic E-state index is 6.47. The number of rotatable bonds is 2. The topological polar surface area (TPSA) is 9.23 Å². The van der Waals surface area contributed by atoms with Crippen LogP contribution >= 0.6 is 0 Å². The van der Waals surface area contributed by atoms with Gasteiger partial charge in [0.2, 0.25) is 0 Å². The van der Waals surface area contributed by atoms with Gasteiger partial charge in [-0.3, -0.25) is 0 Å². The normalized spacial score (nSPS) is 15.8. The molecule has 0 bridgehead atoms. The molecule has 0 N–H and O–H groups in total. The van der Waals surface area contributed by atoms with E-state index in [1.165, 1.54) is 33.0 Å². The van der Waals surface area contributed by atoms with Crippen molar-refractivity contribution in [3.8, 4) is 16.9 Å². The van der Waals surface area contributed by atoms with Crippen molar-refractivity contribution in [2.75, 3.05) is 0 Å².